The first kappa shape index (κ1) is 15.8. The summed E-state index contributed by atoms with van der Waals surface area (Å²) in [4.78, 5) is 12.8. The summed E-state index contributed by atoms with van der Waals surface area (Å²) in [6.45, 7) is 2.93. The van der Waals surface area contributed by atoms with Crippen LogP contribution in [0.1, 0.15) is 16.1 Å². The molecule has 0 radical (unpaired) electrons. The minimum absolute atomic E-state index is 0.288. The lowest BCUT2D eigenvalue weighted by Gasteiger charge is -2.18. The van der Waals surface area contributed by atoms with Crippen LogP contribution in [0.5, 0.6) is 11.5 Å². The molecule has 1 aromatic heterocycles. The van der Waals surface area contributed by atoms with E-state index >= 15 is 0 Å². The van der Waals surface area contributed by atoms with Crippen molar-refractivity contribution in [3.05, 3.63) is 65.9 Å². The van der Waals surface area contributed by atoms with E-state index < -0.39 is 0 Å². The largest absolute Gasteiger partial charge is 0.486 e. The molecular weight excluding hydrogens is 342 g/mol. The van der Waals surface area contributed by atoms with Crippen LogP contribution in [0.25, 0.3) is 21.7 Å². The fourth-order valence-corrected chi connectivity index (χ4v) is 3.47. The summed E-state index contributed by atoms with van der Waals surface area (Å²) in [6.07, 6.45) is 0. The molecular formula is C22H17NO4. The van der Waals surface area contributed by atoms with Crippen molar-refractivity contribution in [1.82, 2.24) is 0 Å². The Morgan fingerprint density at radius 1 is 0.926 bits per heavy atom. The molecule has 0 atom stereocenters. The number of carbonyl (C=O) groups is 1. The quantitative estimate of drug-likeness (QED) is 0.552. The lowest BCUT2D eigenvalue weighted by molar-refractivity contribution is 0.0998. The Morgan fingerprint density at radius 3 is 2.63 bits per heavy atom. The van der Waals surface area contributed by atoms with Crippen LogP contribution in [0.4, 0.5) is 5.69 Å². The Hall–Kier alpha value is -3.47. The van der Waals surface area contributed by atoms with Gasteiger partial charge in [-0.15, -0.1) is 0 Å². The highest BCUT2D eigenvalue weighted by molar-refractivity contribution is 6.11. The zero-order valence-electron chi connectivity index (χ0n) is 14.7. The van der Waals surface area contributed by atoms with Crippen LogP contribution in [-0.4, -0.2) is 19.1 Å². The predicted molar refractivity (Wildman–Crippen MR) is 104 cm³/mol. The Labute approximate surface area is 155 Å². The highest BCUT2D eigenvalue weighted by Crippen LogP contribution is 2.34. The number of hydrogen-bond acceptors (Lipinski definition) is 4. The monoisotopic (exact) mass is 359 g/mol. The molecule has 134 valence electrons. The first-order chi connectivity index (χ1) is 13.2. The maximum absolute atomic E-state index is 12.8. The van der Waals surface area contributed by atoms with Crippen LogP contribution in [0.3, 0.4) is 0 Å². The number of ether oxygens (including phenoxy) is 2. The molecule has 1 aliphatic rings. The van der Waals surface area contributed by atoms with E-state index in [1.807, 2.05) is 43.3 Å². The molecule has 0 saturated heterocycles. The van der Waals surface area contributed by atoms with E-state index in [-0.39, 0.29) is 5.91 Å². The number of amides is 1. The molecule has 1 aliphatic heterocycles. The van der Waals surface area contributed by atoms with Crippen molar-refractivity contribution in [2.45, 2.75) is 6.92 Å². The minimum Gasteiger partial charge on any atom is -0.486 e. The summed E-state index contributed by atoms with van der Waals surface area (Å²) < 4.78 is 17.1. The summed E-state index contributed by atoms with van der Waals surface area (Å²) in [7, 11) is 0. The molecule has 1 N–H and O–H groups in total. The van der Waals surface area contributed by atoms with Crippen molar-refractivity contribution >= 4 is 33.3 Å². The van der Waals surface area contributed by atoms with Crippen molar-refractivity contribution in [3.8, 4) is 11.5 Å². The standard InChI is InChI=1S/C22H17NO4/c1-13-16-8-6-14-4-2-3-5-17(14)21(16)27-20(13)22(24)23-15-7-9-18-19(12-15)26-11-10-25-18/h2-9,12H,10-11H2,1H3,(H,23,24). The Bertz CT molecular complexity index is 1190. The predicted octanol–water partition coefficient (Wildman–Crippen LogP) is 4.92. The molecule has 0 bridgehead atoms. The second-order valence-corrected chi connectivity index (χ2v) is 6.53. The third-order valence-electron chi connectivity index (χ3n) is 4.83. The number of furan rings is 1. The second-order valence-electron chi connectivity index (χ2n) is 6.53. The van der Waals surface area contributed by atoms with Gasteiger partial charge in [0.25, 0.3) is 5.91 Å². The molecule has 5 heteroatoms. The van der Waals surface area contributed by atoms with E-state index in [0.717, 1.165) is 27.3 Å². The molecule has 0 saturated carbocycles. The number of benzene rings is 3. The van der Waals surface area contributed by atoms with Gasteiger partial charge in [-0.3, -0.25) is 4.79 Å². The average molecular weight is 359 g/mol. The molecule has 3 aromatic carbocycles. The summed E-state index contributed by atoms with van der Waals surface area (Å²) in [5.41, 5.74) is 2.19. The maximum atomic E-state index is 12.8. The van der Waals surface area contributed by atoms with E-state index in [1.165, 1.54) is 0 Å². The normalized spacial score (nSPS) is 13.1. The number of carbonyl (C=O) groups excluding carboxylic acids is 1. The van der Waals surface area contributed by atoms with Gasteiger partial charge in [0.1, 0.15) is 18.8 Å². The highest BCUT2D eigenvalue weighted by atomic mass is 16.6. The van der Waals surface area contributed by atoms with Crippen LogP contribution in [0.15, 0.2) is 59.0 Å². The molecule has 0 spiro atoms. The van der Waals surface area contributed by atoms with Gasteiger partial charge in [0, 0.05) is 28.1 Å². The van der Waals surface area contributed by atoms with Crippen LogP contribution in [0, 0.1) is 6.92 Å². The first-order valence-electron chi connectivity index (χ1n) is 8.82. The Balaban J connectivity index is 1.52. The molecule has 2 heterocycles. The third-order valence-corrected chi connectivity index (χ3v) is 4.83. The Kier molecular flexibility index (Phi) is 3.53. The third kappa shape index (κ3) is 2.59. The molecule has 0 fully saturated rings. The lowest BCUT2D eigenvalue weighted by atomic mass is 10.1. The number of rotatable bonds is 2. The molecule has 0 unspecified atom stereocenters. The summed E-state index contributed by atoms with van der Waals surface area (Å²) in [5.74, 6) is 1.35. The first-order valence-corrected chi connectivity index (χ1v) is 8.82. The second kappa shape index (κ2) is 6.06. The van der Waals surface area contributed by atoms with E-state index in [1.54, 1.807) is 18.2 Å². The number of nitrogens with one attached hydrogen (secondary N) is 1. The van der Waals surface area contributed by atoms with Crippen molar-refractivity contribution in [2.24, 2.45) is 0 Å². The number of fused-ring (bicyclic) bond motifs is 4. The molecule has 4 aromatic rings. The van der Waals surface area contributed by atoms with E-state index in [9.17, 15) is 4.79 Å². The van der Waals surface area contributed by atoms with Gasteiger partial charge >= 0.3 is 0 Å². The van der Waals surface area contributed by atoms with Crippen LogP contribution in [0.2, 0.25) is 0 Å². The number of hydrogen-bond donors (Lipinski definition) is 1. The minimum atomic E-state index is -0.288. The van der Waals surface area contributed by atoms with Gasteiger partial charge in [0.15, 0.2) is 17.3 Å². The van der Waals surface area contributed by atoms with Crippen LogP contribution >= 0.6 is 0 Å². The SMILES string of the molecule is Cc1c(C(=O)Nc2ccc3c(c2)OCCO3)oc2c1ccc1ccccc12. The van der Waals surface area contributed by atoms with E-state index in [2.05, 4.69) is 5.32 Å². The summed E-state index contributed by atoms with van der Waals surface area (Å²) in [5, 5.41) is 5.91. The summed E-state index contributed by atoms with van der Waals surface area (Å²) in [6, 6.07) is 17.4. The number of anilines is 1. The molecule has 0 aliphatic carbocycles. The van der Waals surface area contributed by atoms with Crippen LogP contribution < -0.4 is 14.8 Å². The van der Waals surface area contributed by atoms with Gasteiger partial charge in [-0.2, -0.15) is 0 Å². The van der Waals surface area contributed by atoms with Gasteiger partial charge in [-0.1, -0.05) is 36.4 Å². The van der Waals surface area contributed by atoms with Gasteiger partial charge in [-0.25, -0.2) is 0 Å². The van der Waals surface area contributed by atoms with Gasteiger partial charge in [-0.05, 0) is 24.4 Å². The maximum Gasteiger partial charge on any atom is 0.291 e. The van der Waals surface area contributed by atoms with Gasteiger partial charge in [0.2, 0.25) is 0 Å². The molecule has 27 heavy (non-hydrogen) atoms. The van der Waals surface area contributed by atoms with E-state index in [4.69, 9.17) is 13.9 Å². The van der Waals surface area contributed by atoms with Crippen molar-refractivity contribution < 1.29 is 18.7 Å². The fourth-order valence-electron chi connectivity index (χ4n) is 3.47. The van der Waals surface area contributed by atoms with E-state index in [0.29, 0.717) is 36.2 Å². The molecule has 5 rings (SSSR count). The Morgan fingerprint density at radius 2 is 1.74 bits per heavy atom. The zero-order valence-corrected chi connectivity index (χ0v) is 14.7. The van der Waals surface area contributed by atoms with Crippen molar-refractivity contribution in [2.75, 3.05) is 18.5 Å². The van der Waals surface area contributed by atoms with Crippen molar-refractivity contribution in [1.29, 1.82) is 0 Å². The topological polar surface area (TPSA) is 60.7 Å². The van der Waals surface area contributed by atoms with Crippen molar-refractivity contribution in [3.63, 3.8) is 0 Å². The smallest absolute Gasteiger partial charge is 0.291 e. The summed E-state index contributed by atoms with van der Waals surface area (Å²) >= 11 is 0. The van der Waals surface area contributed by atoms with Gasteiger partial charge < -0.3 is 19.2 Å². The van der Waals surface area contributed by atoms with Crippen LogP contribution in [-0.2, 0) is 0 Å². The fraction of sp³-hybridized carbons (Fsp3) is 0.136. The molecule has 1 amide bonds. The zero-order chi connectivity index (χ0) is 18.4. The highest BCUT2D eigenvalue weighted by Gasteiger charge is 2.20. The lowest BCUT2D eigenvalue weighted by Crippen LogP contribution is -2.16. The molecule has 5 nitrogen and oxygen atoms in total. The van der Waals surface area contributed by atoms with Gasteiger partial charge in [0.05, 0.1) is 0 Å². The number of aryl methyl sites for hydroxylation is 1. The average Bonchev–Trinajstić information content (AvgIpc) is 3.05.